The topological polar surface area (TPSA) is 53.0 Å². The summed E-state index contributed by atoms with van der Waals surface area (Å²) in [5.74, 6) is 0. The Bertz CT molecular complexity index is 368. The van der Waals surface area contributed by atoms with E-state index in [9.17, 15) is 0 Å². The summed E-state index contributed by atoms with van der Waals surface area (Å²) in [4.78, 5) is 2.14. The lowest BCUT2D eigenvalue weighted by Gasteiger charge is -2.26. The molecule has 0 bridgehead atoms. The number of nitrogens with zero attached hydrogens (tertiary/aromatic N) is 2. The monoisotopic (exact) mass is 217 g/mol. The van der Waals surface area contributed by atoms with Gasteiger partial charge in [-0.25, -0.2) is 0 Å². The van der Waals surface area contributed by atoms with Crippen molar-refractivity contribution >= 4 is 0 Å². The standard InChI is InChI=1S/C13H19N3/c1-11-5-3-6-12(9-11)13(10-15)16(2)8-4-7-14/h3,5-6,9,13H,4,8,10,15H2,1-2H3. The summed E-state index contributed by atoms with van der Waals surface area (Å²) in [6, 6.07) is 10.7. The molecule has 1 rings (SSSR count). The van der Waals surface area contributed by atoms with Crippen molar-refractivity contribution in [3.8, 4) is 6.07 Å². The van der Waals surface area contributed by atoms with Crippen LogP contribution in [0.1, 0.15) is 23.6 Å². The quantitative estimate of drug-likeness (QED) is 0.818. The van der Waals surface area contributed by atoms with Gasteiger partial charge in [-0.2, -0.15) is 5.26 Å². The van der Waals surface area contributed by atoms with Crippen LogP contribution in [0.5, 0.6) is 0 Å². The molecule has 1 unspecified atom stereocenters. The molecular formula is C13H19N3. The van der Waals surface area contributed by atoms with Crippen molar-refractivity contribution in [1.82, 2.24) is 4.90 Å². The molecule has 1 atom stereocenters. The van der Waals surface area contributed by atoms with Gasteiger partial charge in [0.1, 0.15) is 0 Å². The van der Waals surface area contributed by atoms with Crippen molar-refractivity contribution in [2.75, 3.05) is 20.1 Å². The third kappa shape index (κ3) is 3.34. The molecule has 3 heteroatoms. The lowest BCUT2D eigenvalue weighted by Crippen LogP contribution is -2.31. The smallest absolute Gasteiger partial charge is 0.0635 e. The molecular weight excluding hydrogens is 198 g/mol. The predicted octanol–water partition coefficient (Wildman–Crippen LogP) is 1.84. The lowest BCUT2D eigenvalue weighted by molar-refractivity contribution is 0.256. The van der Waals surface area contributed by atoms with Crippen LogP contribution in [0, 0.1) is 18.3 Å². The summed E-state index contributed by atoms with van der Waals surface area (Å²) in [5, 5.41) is 8.58. The van der Waals surface area contributed by atoms with Gasteiger partial charge in [-0.15, -0.1) is 0 Å². The third-order valence-electron chi connectivity index (χ3n) is 2.76. The van der Waals surface area contributed by atoms with Crippen LogP contribution in [0.4, 0.5) is 0 Å². The van der Waals surface area contributed by atoms with Crippen molar-refractivity contribution in [3.63, 3.8) is 0 Å². The number of rotatable bonds is 5. The minimum Gasteiger partial charge on any atom is -0.329 e. The Labute approximate surface area is 97.5 Å². The van der Waals surface area contributed by atoms with Gasteiger partial charge in [0.25, 0.3) is 0 Å². The highest BCUT2D eigenvalue weighted by Gasteiger charge is 2.14. The Balaban J connectivity index is 2.78. The second kappa shape index (κ2) is 6.26. The number of hydrogen-bond acceptors (Lipinski definition) is 3. The maximum absolute atomic E-state index is 8.58. The second-order valence-electron chi connectivity index (χ2n) is 4.05. The van der Waals surface area contributed by atoms with Gasteiger partial charge in [-0.05, 0) is 19.5 Å². The van der Waals surface area contributed by atoms with E-state index in [1.165, 1.54) is 11.1 Å². The van der Waals surface area contributed by atoms with Gasteiger partial charge in [-0.1, -0.05) is 29.8 Å². The van der Waals surface area contributed by atoms with Crippen LogP contribution in [-0.4, -0.2) is 25.0 Å². The molecule has 2 N–H and O–H groups in total. The van der Waals surface area contributed by atoms with Crippen LogP contribution < -0.4 is 5.73 Å². The van der Waals surface area contributed by atoms with E-state index < -0.39 is 0 Å². The molecule has 3 nitrogen and oxygen atoms in total. The third-order valence-corrected chi connectivity index (χ3v) is 2.76. The van der Waals surface area contributed by atoms with Crippen LogP contribution in [0.3, 0.4) is 0 Å². The zero-order valence-corrected chi connectivity index (χ0v) is 9.98. The van der Waals surface area contributed by atoms with Crippen LogP contribution in [0.15, 0.2) is 24.3 Å². The summed E-state index contributed by atoms with van der Waals surface area (Å²) < 4.78 is 0. The zero-order chi connectivity index (χ0) is 12.0. The molecule has 0 radical (unpaired) electrons. The Morgan fingerprint density at radius 3 is 2.81 bits per heavy atom. The average molecular weight is 217 g/mol. The maximum atomic E-state index is 8.58. The molecule has 1 aromatic rings. The van der Waals surface area contributed by atoms with E-state index >= 15 is 0 Å². The first kappa shape index (κ1) is 12.7. The number of likely N-dealkylation sites (N-methyl/N-ethyl adjacent to an activating group) is 1. The van der Waals surface area contributed by atoms with Crippen LogP contribution in [0.2, 0.25) is 0 Å². The minimum absolute atomic E-state index is 0.202. The molecule has 0 fully saturated rings. The minimum atomic E-state index is 0.202. The summed E-state index contributed by atoms with van der Waals surface area (Å²) in [6.07, 6.45) is 0.540. The zero-order valence-electron chi connectivity index (χ0n) is 9.98. The molecule has 0 heterocycles. The average Bonchev–Trinajstić information content (AvgIpc) is 2.27. The summed E-state index contributed by atoms with van der Waals surface area (Å²) in [5.41, 5.74) is 8.27. The lowest BCUT2D eigenvalue weighted by atomic mass is 10.0. The number of benzene rings is 1. The Kier molecular flexibility index (Phi) is 4.97. The summed E-state index contributed by atoms with van der Waals surface area (Å²) in [7, 11) is 2.01. The fourth-order valence-corrected chi connectivity index (χ4v) is 1.83. The number of nitrogens with two attached hydrogens (primary N) is 1. The molecule has 0 spiro atoms. The normalized spacial score (nSPS) is 12.4. The predicted molar refractivity (Wildman–Crippen MR) is 65.8 cm³/mol. The van der Waals surface area contributed by atoms with Gasteiger partial charge in [0.2, 0.25) is 0 Å². The fourth-order valence-electron chi connectivity index (χ4n) is 1.83. The molecule has 0 amide bonds. The molecule has 0 aliphatic heterocycles. The van der Waals surface area contributed by atoms with Crippen LogP contribution >= 0.6 is 0 Å². The number of hydrogen-bond donors (Lipinski definition) is 1. The fraction of sp³-hybridized carbons (Fsp3) is 0.462. The van der Waals surface area contributed by atoms with Gasteiger partial charge < -0.3 is 5.73 Å². The van der Waals surface area contributed by atoms with E-state index in [0.717, 1.165) is 6.54 Å². The number of aryl methyl sites for hydroxylation is 1. The highest BCUT2D eigenvalue weighted by molar-refractivity contribution is 5.25. The van der Waals surface area contributed by atoms with Crippen molar-refractivity contribution < 1.29 is 0 Å². The van der Waals surface area contributed by atoms with Crippen molar-refractivity contribution in [2.45, 2.75) is 19.4 Å². The molecule has 0 aliphatic rings. The molecule has 0 saturated heterocycles. The second-order valence-corrected chi connectivity index (χ2v) is 4.05. The highest BCUT2D eigenvalue weighted by atomic mass is 15.1. The van der Waals surface area contributed by atoms with Crippen molar-refractivity contribution in [2.24, 2.45) is 5.73 Å². The highest BCUT2D eigenvalue weighted by Crippen LogP contribution is 2.19. The van der Waals surface area contributed by atoms with E-state index in [4.69, 9.17) is 11.0 Å². The van der Waals surface area contributed by atoms with E-state index in [1.807, 2.05) is 13.1 Å². The molecule has 86 valence electrons. The maximum Gasteiger partial charge on any atom is 0.0635 e. The van der Waals surface area contributed by atoms with Gasteiger partial charge in [0.15, 0.2) is 0 Å². The first-order valence-electron chi connectivity index (χ1n) is 5.53. The Morgan fingerprint density at radius 1 is 1.50 bits per heavy atom. The largest absolute Gasteiger partial charge is 0.329 e. The van der Waals surface area contributed by atoms with Gasteiger partial charge in [0, 0.05) is 25.6 Å². The SMILES string of the molecule is Cc1cccc(C(CN)N(C)CCC#N)c1. The Morgan fingerprint density at radius 2 is 2.25 bits per heavy atom. The summed E-state index contributed by atoms with van der Waals surface area (Å²) in [6.45, 7) is 3.41. The van der Waals surface area contributed by atoms with E-state index in [2.05, 4.69) is 36.1 Å². The van der Waals surface area contributed by atoms with Crippen molar-refractivity contribution in [3.05, 3.63) is 35.4 Å². The molecule has 1 aromatic carbocycles. The van der Waals surface area contributed by atoms with Gasteiger partial charge >= 0.3 is 0 Å². The first-order chi connectivity index (χ1) is 7.69. The van der Waals surface area contributed by atoms with Gasteiger partial charge in [0.05, 0.1) is 6.07 Å². The number of nitriles is 1. The summed E-state index contributed by atoms with van der Waals surface area (Å²) >= 11 is 0. The molecule has 0 saturated carbocycles. The molecule has 0 aromatic heterocycles. The first-order valence-corrected chi connectivity index (χ1v) is 5.53. The van der Waals surface area contributed by atoms with E-state index in [-0.39, 0.29) is 6.04 Å². The van der Waals surface area contributed by atoms with Crippen LogP contribution in [0.25, 0.3) is 0 Å². The Hall–Kier alpha value is -1.37. The molecule has 0 aliphatic carbocycles. The van der Waals surface area contributed by atoms with E-state index in [1.54, 1.807) is 0 Å². The van der Waals surface area contributed by atoms with E-state index in [0.29, 0.717) is 13.0 Å². The van der Waals surface area contributed by atoms with Crippen molar-refractivity contribution in [1.29, 1.82) is 5.26 Å². The van der Waals surface area contributed by atoms with Crippen LogP contribution in [-0.2, 0) is 0 Å². The van der Waals surface area contributed by atoms with Gasteiger partial charge in [-0.3, -0.25) is 4.90 Å². The molecule has 16 heavy (non-hydrogen) atoms.